The van der Waals surface area contributed by atoms with Crippen LogP contribution in [0.3, 0.4) is 0 Å². The lowest BCUT2D eigenvalue weighted by Crippen LogP contribution is -2.58. The molecule has 1 unspecified atom stereocenters. The van der Waals surface area contributed by atoms with Gasteiger partial charge in [-0.1, -0.05) is 0 Å². The molecule has 6 heteroatoms. The zero-order chi connectivity index (χ0) is 9.97. The first-order valence-corrected chi connectivity index (χ1v) is 5.50. The van der Waals surface area contributed by atoms with E-state index in [-0.39, 0.29) is 30.7 Å². The summed E-state index contributed by atoms with van der Waals surface area (Å²) < 4.78 is 0. The van der Waals surface area contributed by atoms with Gasteiger partial charge in [0, 0.05) is 19.1 Å². The van der Waals surface area contributed by atoms with Crippen LogP contribution in [0.5, 0.6) is 0 Å². The maximum absolute atomic E-state index is 11.6. The van der Waals surface area contributed by atoms with Gasteiger partial charge in [0.25, 0.3) is 0 Å². The van der Waals surface area contributed by atoms with Crippen molar-refractivity contribution in [1.29, 1.82) is 0 Å². The Hall–Kier alpha value is -0.0300. The number of likely N-dealkylation sites (tertiary alicyclic amines) is 1. The van der Waals surface area contributed by atoms with Crippen LogP contribution in [0.2, 0.25) is 0 Å². The fourth-order valence-corrected chi connectivity index (χ4v) is 2.08. The van der Waals surface area contributed by atoms with Gasteiger partial charge in [-0.2, -0.15) is 0 Å². The Morgan fingerprint density at radius 3 is 2.56 bits per heavy atom. The van der Waals surface area contributed by atoms with E-state index in [2.05, 4.69) is 22.5 Å². The Morgan fingerprint density at radius 2 is 2.12 bits per heavy atom. The first-order chi connectivity index (χ1) is 6.75. The molecule has 1 atom stereocenters. The summed E-state index contributed by atoms with van der Waals surface area (Å²) in [5.41, 5.74) is 0. The van der Waals surface area contributed by atoms with Crippen molar-refractivity contribution < 1.29 is 4.79 Å². The first kappa shape index (κ1) is 16.0. The molecule has 2 heterocycles. The van der Waals surface area contributed by atoms with E-state index in [1.54, 1.807) is 0 Å². The van der Waals surface area contributed by atoms with Gasteiger partial charge in [-0.15, -0.1) is 24.8 Å². The standard InChI is InChI=1S/C10H19N3O.2ClH/c1-8-3-2-4-13(8)7-10(14)12-9-5-11-6-9;;/h8-9,11H,2-7H2,1H3,(H,12,14);2*1H. The molecule has 2 saturated heterocycles. The van der Waals surface area contributed by atoms with Gasteiger partial charge in [0.1, 0.15) is 0 Å². The molecule has 2 aliphatic rings. The number of nitrogens with one attached hydrogen (secondary N) is 2. The summed E-state index contributed by atoms with van der Waals surface area (Å²) in [6.45, 7) is 5.73. The van der Waals surface area contributed by atoms with E-state index in [9.17, 15) is 4.79 Å². The van der Waals surface area contributed by atoms with Crippen molar-refractivity contribution >= 4 is 30.7 Å². The zero-order valence-corrected chi connectivity index (χ0v) is 11.2. The molecule has 0 bridgehead atoms. The zero-order valence-electron chi connectivity index (χ0n) is 9.57. The summed E-state index contributed by atoms with van der Waals surface area (Å²) >= 11 is 0. The molecule has 2 rings (SSSR count). The van der Waals surface area contributed by atoms with Gasteiger partial charge in [0.15, 0.2) is 0 Å². The number of carbonyl (C=O) groups excluding carboxylic acids is 1. The highest BCUT2D eigenvalue weighted by atomic mass is 35.5. The van der Waals surface area contributed by atoms with Gasteiger partial charge in [0.05, 0.1) is 12.6 Å². The van der Waals surface area contributed by atoms with Gasteiger partial charge in [-0.25, -0.2) is 0 Å². The highest BCUT2D eigenvalue weighted by Crippen LogP contribution is 2.15. The molecule has 2 N–H and O–H groups in total. The molecule has 0 radical (unpaired) electrons. The molecule has 0 aliphatic carbocycles. The third-order valence-corrected chi connectivity index (χ3v) is 3.18. The van der Waals surface area contributed by atoms with E-state index in [4.69, 9.17) is 0 Å². The second kappa shape index (κ2) is 7.33. The van der Waals surface area contributed by atoms with Crippen LogP contribution in [-0.4, -0.2) is 49.1 Å². The third kappa shape index (κ3) is 4.09. The van der Waals surface area contributed by atoms with Crippen molar-refractivity contribution in [2.75, 3.05) is 26.2 Å². The summed E-state index contributed by atoms with van der Waals surface area (Å²) in [4.78, 5) is 13.8. The van der Waals surface area contributed by atoms with Crippen LogP contribution in [0.25, 0.3) is 0 Å². The first-order valence-electron chi connectivity index (χ1n) is 5.50. The van der Waals surface area contributed by atoms with Crippen LogP contribution in [0.4, 0.5) is 0 Å². The molecule has 4 nitrogen and oxygen atoms in total. The van der Waals surface area contributed by atoms with Crippen molar-refractivity contribution in [2.45, 2.75) is 31.8 Å². The molecule has 0 spiro atoms. The number of rotatable bonds is 3. The number of nitrogens with zero attached hydrogens (tertiary/aromatic N) is 1. The molecular weight excluding hydrogens is 249 g/mol. The Balaban J connectivity index is 0.00000112. The van der Waals surface area contributed by atoms with E-state index in [1.165, 1.54) is 12.8 Å². The summed E-state index contributed by atoms with van der Waals surface area (Å²) in [6.07, 6.45) is 2.47. The lowest BCUT2D eigenvalue weighted by molar-refractivity contribution is -0.123. The van der Waals surface area contributed by atoms with Crippen LogP contribution in [0.1, 0.15) is 19.8 Å². The summed E-state index contributed by atoms with van der Waals surface area (Å²) in [5.74, 6) is 0.185. The maximum atomic E-state index is 11.6. The van der Waals surface area contributed by atoms with Crippen molar-refractivity contribution in [1.82, 2.24) is 15.5 Å². The molecule has 0 aromatic carbocycles. The topological polar surface area (TPSA) is 44.4 Å². The molecule has 2 fully saturated rings. The predicted octanol–water partition coefficient (Wildman–Crippen LogP) is 0.402. The predicted molar refractivity (Wildman–Crippen MR) is 69.6 cm³/mol. The smallest absolute Gasteiger partial charge is 0.234 e. The monoisotopic (exact) mass is 269 g/mol. The average molecular weight is 270 g/mol. The highest BCUT2D eigenvalue weighted by molar-refractivity contribution is 5.85. The fourth-order valence-electron chi connectivity index (χ4n) is 2.08. The molecular formula is C10H21Cl2N3O. The van der Waals surface area contributed by atoms with Crippen LogP contribution in [0.15, 0.2) is 0 Å². The van der Waals surface area contributed by atoms with Crippen molar-refractivity contribution in [3.8, 4) is 0 Å². The number of hydrogen-bond acceptors (Lipinski definition) is 3. The SMILES string of the molecule is CC1CCCN1CC(=O)NC1CNC1.Cl.Cl. The van der Waals surface area contributed by atoms with Crippen molar-refractivity contribution in [3.05, 3.63) is 0 Å². The lowest BCUT2D eigenvalue weighted by Gasteiger charge is -2.29. The van der Waals surface area contributed by atoms with Crippen molar-refractivity contribution in [2.24, 2.45) is 0 Å². The van der Waals surface area contributed by atoms with Crippen molar-refractivity contribution in [3.63, 3.8) is 0 Å². The molecule has 0 aromatic heterocycles. The van der Waals surface area contributed by atoms with Crippen LogP contribution in [-0.2, 0) is 4.79 Å². The Labute approximate surface area is 109 Å². The maximum Gasteiger partial charge on any atom is 0.234 e. The minimum Gasteiger partial charge on any atom is -0.350 e. The summed E-state index contributed by atoms with van der Waals surface area (Å²) in [5, 5.41) is 6.16. The largest absolute Gasteiger partial charge is 0.350 e. The number of carbonyl (C=O) groups is 1. The molecule has 96 valence electrons. The lowest BCUT2D eigenvalue weighted by atomic mass is 10.2. The highest BCUT2D eigenvalue weighted by Gasteiger charge is 2.24. The molecule has 1 amide bonds. The van der Waals surface area contributed by atoms with Gasteiger partial charge in [0.2, 0.25) is 5.91 Å². The van der Waals surface area contributed by atoms with Crippen LogP contribution >= 0.6 is 24.8 Å². The number of amides is 1. The summed E-state index contributed by atoms with van der Waals surface area (Å²) in [6, 6.07) is 0.959. The molecule has 0 aromatic rings. The van der Waals surface area contributed by atoms with E-state index < -0.39 is 0 Å². The Bertz CT molecular complexity index is 224. The molecule has 0 saturated carbocycles. The molecule has 2 aliphatic heterocycles. The minimum absolute atomic E-state index is 0. The normalized spacial score (nSPS) is 25.2. The Morgan fingerprint density at radius 1 is 1.44 bits per heavy atom. The van der Waals surface area contributed by atoms with Gasteiger partial charge in [-0.3, -0.25) is 9.69 Å². The fraction of sp³-hybridized carbons (Fsp3) is 0.900. The minimum atomic E-state index is 0. The van der Waals surface area contributed by atoms with Gasteiger partial charge >= 0.3 is 0 Å². The quantitative estimate of drug-likeness (QED) is 0.780. The van der Waals surface area contributed by atoms with Gasteiger partial charge in [-0.05, 0) is 26.3 Å². The van der Waals surface area contributed by atoms with Crippen LogP contribution < -0.4 is 10.6 Å². The van der Waals surface area contributed by atoms with E-state index >= 15 is 0 Å². The molecule has 16 heavy (non-hydrogen) atoms. The second-order valence-electron chi connectivity index (χ2n) is 4.38. The van der Waals surface area contributed by atoms with E-state index in [0.29, 0.717) is 18.6 Å². The van der Waals surface area contributed by atoms with Gasteiger partial charge < -0.3 is 10.6 Å². The number of hydrogen-bond donors (Lipinski definition) is 2. The van der Waals surface area contributed by atoms with Crippen LogP contribution in [0, 0.1) is 0 Å². The Kier molecular flexibility index (Phi) is 7.31. The van der Waals surface area contributed by atoms with E-state index in [0.717, 1.165) is 19.6 Å². The number of halogens is 2. The van der Waals surface area contributed by atoms with E-state index in [1.807, 2.05) is 0 Å². The summed E-state index contributed by atoms with van der Waals surface area (Å²) in [7, 11) is 0. The second-order valence-corrected chi connectivity index (χ2v) is 4.38. The third-order valence-electron chi connectivity index (χ3n) is 3.18. The average Bonchev–Trinajstić information content (AvgIpc) is 2.45.